The van der Waals surface area contributed by atoms with E-state index >= 15 is 0 Å². The number of ether oxygens (including phenoxy) is 1. The van der Waals surface area contributed by atoms with Gasteiger partial charge in [-0.3, -0.25) is 4.79 Å². The normalized spacial score (nSPS) is 17.3. The molecule has 1 aliphatic heterocycles. The summed E-state index contributed by atoms with van der Waals surface area (Å²) in [6.07, 6.45) is 3.36. The highest BCUT2D eigenvalue weighted by Crippen LogP contribution is 2.43. The van der Waals surface area contributed by atoms with E-state index in [-0.39, 0.29) is 10.8 Å². The lowest BCUT2D eigenvalue weighted by atomic mass is 9.77. The van der Waals surface area contributed by atoms with Crippen molar-refractivity contribution < 1.29 is 9.53 Å². The molecule has 1 aliphatic rings. The third-order valence-corrected chi connectivity index (χ3v) is 4.00. The summed E-state index contributed by atoms with van der Waals surface area (Å²) in [6.45, 7) is 13.9. The van der Waals surface area contributed by atoms with E-state index in [0.29, 0.717) is 6.61 Å². The molecule has 1 aromatic carbocycles. The smallest absolute Gasteiger partial charge is 0.143 e. The molecule has 0 saturated carbocycles. The van der Waals surface area contributed by atoms with E-state index in [0.717, 1.165) is 29.6 Å². The van der Waals surface area contributed by atoms with Gasteiger partial charge >= 0.3 is 0 Å². The maximum atomic E-state index is 10.9. The topological polar surface area (TPSA) is 26.3 Å². The number of rotatable bonds is 1. The summed E-state index contributed by atoms with van der Waals surface area (Å²) in [5.74, 6) is 0.954. The minimum Gasteiger partial charge on any atom is -0.492 e. The highest BCUT2D eigenvalue weighted by Gasteiger charge is 2.28. The summed E-state index contributed by atoms with van der Waals surface area (Å²) in [4.78, 5) is 10.9. The number of hydrogen-bond acceptors (Lipinski definition) is 2. The maximum absolute atomic E-state index is 10.9. The Labute approximate surface area is 128 Å². The number of benzene rings is 1. The van der Waals surface area contributed by atoms with Gasteiger partial charge in [0, 0.05) is 17.5 Å². The van der Waals surface area contributed by atoms with Gasteiger partial charge in [0.2, 0.25) is 0 Å². The van der Waals surface area contributed by atoms with E-state index in [9.17, 15) is 4.79 Å². The Hall–Kier alpha value is -1.57. The van der Waals surface area contributed by atoms with Gasteiger partial charge in [-0.25, -0.2) is 0 Å². The largest absolute Gasteiger partial charge is 0.492 e. The molecule has 2 heteroatoms. The van der Waals surface area contributed by atoms with Gasteiger partial charge in [-0.05, 0) is 34.1 Å². The maximum Gasteiger partial charge on any atom is 0.143 e. The molecule has 0 amide bonds. The number of allylic oxidation sites excluding steroid dienone is 1. The van der Waals surface area contributed by atoms with Crippen molar-refractivity contribution in [1.29, 1.82) is 0 Å². The zero-order valence-corrected chi connectivity index (χ0v) is 14.0. The van der Waals surface area contributed by atoms with Crippen molar-refractivity contribution in [3.63, 3.8) is 0 Å². The lowest BCUT2D eigenvalue weighted by Gasteiger charge is -2.32. The molecule has 2 rings (SSSR count). The summed E-state index contributed by atoms with van der Waals surface area (Å²) >= 11 is 0. The quantitative estimate of drug-likeness (QED) is 0.555. The van der Waals surface area contributed by atoms with E-state index in [1.807, 2.05) is 0 Å². The third kappa shape index (κ3) is 3.20. The zero-order chi connectivity index (χ0) is 15.8. The molecular formula is C19H26O2. The number of fused-ring (bicyclic) bond motifs is 1. The molecule has 1 aromatic rings. The van der Waals surface area contributed by atoms with Gasteiger partial charge in [0.05, 0.1) is 6.61 Å². The van der Waals surface area contributed by atoms with E-state index < -0.39 is 0 Å². The lowest BCUT2D eigenvalue weighted by Crippen LogP contribution is -2.21. The molecule has 0 fully saturated rings. The first-order chi connectivity index (χ1) is 9.64. The molecule has 0 N–H and O–H groups in total. The fourth-order valence-corrected chi connectivity index (χ4v) is 2.67. The van der Waals surface area contributed by atoms with Crippen LogP contribution in [0.4, 0.5) is 0 Å². The van der Waals surface area contributed by atoms with Gasteiger partial charge in [-0.2, -0.15) is 0 Å². The van der Waals surface area contributed by atoms with Crippen molar-refractivity contribution in [2.45, 2.75) is 58.8 Å². The van der Waals surface area contributed by atoms with Gasteiger partial charge in [-0.15, -0.1) is 0 Å². The highest BCUT2D eigenvalue weighted by molar-refractivity contribution is 5.85. The SMILES string of the molecule is CC(C)(C)c1cc2c(c(C(C)(C)C)c1)OCCC2=CC=O. The monoisotopic (exact) mass is 286 g/mol. The molecule has 1 heterocycles. The average Bonchev–Trinajstić information content (AvgIpc) is 2.36. The van der Waals surface area contributed by atoms with E-state index in [1.165, 1.54) is 11.1 Å². The highest BCUT2D eigenvalue weighted by atomic mass is 16.5. The minimum atomic E-state index is 0.00890. The van der Waals surface area contributed by atoms with Gasteiger partial charge in [-0.1, -0.05) is 47.6 Å². The fourth-order valence-electron chi connectivity index (χ4n) is 2.67. The van der Waals surface area contributed by atoms with Crippen LogP contribution in [0.1, 0.15) is 64.7 Å². The van der Waals surface area contributed by atoms with Crippen molar-refractivity contribution >= 4 is 11.9 Å². The molecule has 2 nitrogen and oxygen atoms in total. The van der Waals surface area contributed by atoms with Crippen LogP contribution in [-0.2, 0) is 15.6 Å². The number of aldehydes is 1. The molecule has 0 atom stereocenters. The molecule has 0 unspecified atom stereocenters. The van der Waals surface area contributed by atoms with Crippen molar-refractivity contribution in [2.24, 2.45) is 0 Å². The Morgan fingerprint density at radius 1 is 1.05 bits per heavy atom. The first-order valence-electron chi connectivity index (χ1n) is 7.61. The second-order valence-electron chi connectivity index (χ2n) is 7.83. The van der Waals surface area contributed by atoms with Crippen molar-refractivity contribution in [3.8, 4) is 5.75 Å². The second kappa shape index (κ2) is 5.32. The second-order valence-corrected chi connectivity index (χ2v) is 7.83. The van der Waals surface area contributed by atoms with Crippen LogP contribution in [0.2, 0.25) is 0 Å². The van der Waals surface area contributed by atoms with Crippen LogP contribution < -0.4 is 4.74 Å². The first-order valence-corrected chi connectivity index (χ1v) is 7.61. The summed E-state index contributed by atoms with van der Waals surface area (Å²) in [7, 11) is 0. The molecule has 0 aromatic heterocycles. The van der Waals surface area contributed by atoms with E-state index in [2.05, 4.69) is 53.7 Å². The van der Waals surface area contributed by atoms with Crippen LogP contribution in [0.3, 0.4) is 0 Å². The van der Waals surface area contributed by atoms with Crippen molar-refractivity contribution in [3.05, 3.63) is 34.9 Å². The Morgan fingerprint density at radius 2 is 1.71 bits per heavy atom. The molecule has 0 bridgehead atoms. The van der Waals surface area contributed by atoms with Crippen LogP contribution in [0.15, 0.2) is 18.2 Å². The van der Waals surface area contributed by atoms with Gasteiger partial charge in [0.25, 0.3) is 0 Å². The summed E-state index contributed by atoms with van der Waals surface area (Å²) < 4.78 is 5.97. The fraction of sp³-hybridized carbons (Fsp3) is 0.526. The number of hydrogen-bond donors (Lipinski definition) is 0. The molecule has 0 saturated heterocycles. The summed E-state index contributed by atoms with van der Waals surface area (Å²) in [5, 5.41) is 0. The lowest BCUT2D eigenvalue weighted by molar-refractivity contribution is -0.104. The summed E-state index contributed by atoms with van der Waals surface area (Å²) in [5.41, 5.74) is 4.76. The molecule has 114 valence electrons. The molecular weight excluding hydrogens is 260 g/mol. The van der Waals surface area contributed by atoms with Crippen LogP contribution in [0.5, 0.6) is 5.75 Å². The number of carbonyl (C=O) groups excluding carboxylic acids is 1. The molecule has 0 radical (unpaired) electrons. The van der Waals surface area contributed by atoms with Gasteiger partial charge < -0.3 is 4.74 Å². The Kier molecular flexibility index (Phi) is 4.01. The number of carbonyl (C=O) groups is 1. The predicted octanol–water partition coefficient (Wildman–Crippen LogP) is 4.65. The summed E-state index contributed by atoms with van der Waals surface area (Å²) in [6, 6.07) is 4.46. The van der Waals surface area contributed by atoms with Crippen LogP contribution in [0.25, 0.3) is 5.57 Å². The van der Waals surface area contributed by atoms with Gasteiger partial charge in [0.15, 0.2) is 0 Å². The van der Waals surface area contributed by atoms with Crippen LogP contribution in [0, 0.1) is 0 Å². The Bertz CT molecular complexity index is 581. The molecule has 0 spiro atoms. The van der Waals surface area contributed by atoms with Gasteiger partial charge in [0.1, 0.15) is 12.0 Å². The Balaban J connectivity index is 2.76. The minimum absolute atomic E-state index is 0.00890. The average molecular weight is 286 g/mol. The van der Waals surface area contributed by atoms with Crippen molar-refractivity contribution in [2.75, 3.05) is 6.61 Å². The zero-order valence-electron chi connectivity index (χ0n) is 14.0. The Morgan fingerprint density at radius 3 is 2.24 bits per heavy atom. The third-order valence-electron chi connectivity index (χ3n) is 4.00. The van der Waals surface area contributed by atoms with E-state index in [4.69, 9.17) is 4.74 Å². The first kappa shape index (κ1) is 15.8. The van der Waals surface area contributed by atoms with Crippen molar-refractivity contribution in [1.82, 2.24) is 0 Å². The molecule has 21 heavy (non-hydrogen) atoms. The predicted molar refractivity (Wildman–Crippen MR) is 88.0 cm³/mol. The van der Waals surface area contributed by atoms with E-state index in [1.54, 1.807) is 6.08 Å². The van der Waals surface area contributed by atoms with Crippen LogP contribution in [-0.4, -0.2) is 12.9 Å². The molecule has 0 aliphatic carbocycles. The standard InChI is InChI=1S/C19H26O2/c1-18(2,3)14-11-15-13(7-9-20)8-10-21-17(15)16(12-14)19(4,5)6/h7,9,11-12H,8,10H2,1-6H3. The van der Waals surface area contributed by atoms with Crippen LogP contribution >= 0.6 is 0 Å².